The Hall–Kier alpha value is -3.96. The number of carbonyl (C=O) groups excluding carboxylic acids is 3. The molecule has 186 valence electrons. The Morgan fingerprint density at radius 3 is 2.42 bits per heavy atom. The van der Waals surface area contributed by atoms with E-state index in [1.165, 1.54) is 0 Å². The molecule has 3 rings (SSSR count). The SMILES string of the molecule is C=CCn1c(C)c(/C=C(\C#N)C(=O)Cc2sc(C(=O)OCC)c(C)c2C(=O)OCC)c2ccccc21. The number of rotatable bonds is 10. The lowest BCUT2D eigenvalue weighted by Crippen LogP contribution is -2.12. The molecule has 0 saturated heterocycles. The Balaban J connectivity index is 2.06. The van der Waals surface area contributed by atoms with Crippen LogP contribution in [0.5, 0.6) is 0 Å². The van der Waals surface area contributed by atoms with E-state index < -0.39 is 17.7 Å². The molecular weight excluding hydrogens is 476 g/mol. The molecule has 0 saturated carbocycles. The summed E-state index contributed by atoms with van der Waals surface area (Å²) in [7, 11) is 0. The van der Waals surface area contributed by atoms with Crippen molar-refractivity contribution in [3.05, 3.63) is 74.6 Å². The van der Waals surface area contributed by atoms with E-state index in [2.05, 4.69) is 11.1 Å². The second-order valence-corrected chi connectivity index (χ2v) is 9.09. The molecule has 0 amide bonds. The number of hydrogen-bond acceptors (Lipinski definition) is 7. The monoisotopic (exact) mass is 504 g/mol. The third-order valence-corrected chi connectivity index (χ3v) is 7.05. The van der Waals surface area contributed by atoms with Gasteiger partial charge in [0, 0.05) is 40.0 Å². The van der Waals surface area contributed by atoms with Crippen molar-refractivity contribution in [2.24, 2.45) is 0 Å². The summed E-state index contributed by atoms with van der Waals surface area (Å²) in [6, 6.07) is 9.78. The van der Waals surface area contributed by atoms with Gasteiger partial charge in [0.05, 0.1) is 24.4 Å². The first-order valence-corrected chi connectivity index (χ1v) is 12.4. The first kappa shape index (κ1) is 26.6. The predicted octanol–water partition coefficient (Wildman–Crippen LogP) is 5.58. The molecule has 0 fully saturated rings. The van der Waals surface area contributed by atoms with Crippen LogP contribution in [0.1, 0.15) is 55.6 Å². The number of ketones is 1. The number of benzene rings is 1. The Labute approximate surface area is 214 Å². The lowest BCUT2D eigenvalue weighted by Gasteiger charge is -2.06. The van der Waals surface area contributed by atoms with Crippen molar-refractivity contribution >= 4 is 46.0 Å². The number of nitriles is 1. The summed E-state index contributed by atoms with van der Waals surface area (Å²) >= 11 is 1.02. The highest BCUT2D eigenvalue weighted by molar-refractivity contribution is 7.14. The number of hydrogen-bond donors (Lipinski definition) is 0. The van der Waals surface area contributed by atoms with Gasteiger partial charge < -0.3 is 14.0 Å². The zero-order chi connectivity index (χ0) is 26.4. The lowest BCUT2D eigenvalue weighted by atomic mass is 10.0. The third kappa shape index (κ3) is 5.16. The number of Topliss-reactive ketones (excluding diaryl/α,β-unsaturated/α-hetero) is 1. The van der Waals surface area contributed by atoms with Gasteiger partial charge in [-0.1, -0.05) is 24.3 Å². The van der Waals surface area contributed by atoms with Crippen LogP contribution in [0.25, 0.3) is 17.0 Å². The van der Waals surface area contributed by atoms with Gasteiger partial charge in [-0.3, -0.25) is 4.79 Å². The molecule has 7 nitrogen and oxygen atoms in total. The molecule has 2 heterocycles. The number of aromatic nitrogens is 1. The van der Waals surface area contributed by atoms with Gasteiger partial charge in [0.15, 0.2) is 5.78 Å². The van der Waals surface area contributed by atoms with E-state index in [0.29, 0.717) is 17.0 Å². The minimum atomic E-state index is -0.615. The second-order valence-electron chi connectivity index (χ2n) is 7.98. The average Bonchev–Trinajstić information content (AvgIpc) is 3.31. The topological polar surface area (TPSA) is 98.4 Å². The average molecular weight is 505 g/mol. The molecule has 0 atom stereocenters. The van der Waals surface area contributed by atoms with Gasteiger partial charge in [-0.2, -0.15) is 5.26 Å². The van der Waals surface area contributed by atoms with Gasteiger partial charge >= 0.3 is 11.9 Å². The molecule has 3 aromatic rings. The molecule has 1 aromatic carbocycles. The van der Waals surface area contributed by atoms with Crippen LogP contribution in [0, 0.1) is 25.2 Å². The zero-order valence-electron chi connectivity index (χ0n) is 20.8. The Bertz CT molecular complexity index is 1420. The number of carbonyl (C=O) groups is 3. The standard InChI is InChI=1S/C28H28N2O5S/c1-6-13-30-18(5)21(20-11-9-10-12-22(20)30)14-19(16-29)23(31)15-24-25(27(32)34-7-2)17(4)26(36-24)28(33)35-8-3/h6,9-12,14H,1,7-8,13,15H2,2-5H3/b19-14+. The van der Waals surface area contributed by atoms with Crippen molar-refractivity contribution in [2.75, 3.05) is 13.2 Å². The Morgan fingerprint density at radius 2 is 1.78 bits per heavy atom. The number of esters is 2. The van der Waals surface area contributed by atoms with Gasteiger partial charge in [0.2, 0.25) is 0 Å². The number of thiophene rings is 1. The molecular formula is C28H28N2O5S. The fraction of sp³-hybridized carbons (Fsp3) is 0.286. The van der Waals surface area contributed by atoms with Crippen molar-refractivity contribution in [1.82, 2.24) is 4.57 Å². The number of para-hydroxylation sites is 1. The van der Waals surface area contributed by atoms with E-state index in [4.69, 9.17) is 9.47 Å². The summed E-state index contributed by atoms with van der Waals surface area (Å²) in [6.45, 7) is 11.7. The first-order valence-electron chi connectivity index (χ1n) is 11.6. The largest absolute Gasteiger partial charge is 0.462 e. The normalized spacial score (nSPS) is 11.2. The maximum absolute atomic E-state index is 13.3. The molecule has 0 aliphatic rings. The number of nitrogens with zero attached hydrogens (tertiary/aromatic N) is 2. The molecule has 0 radical (unpaired) electrons. The summed E-state index contributed by atoms with van der Waals surface area (Å²) in [5, 5.41) is 10.8. The molecule has 2 aromatic heterocycles. The summed E-state index contributed by atoms with van der Waals surface area (Å²) in [6.07, 6.45) is 3.17. The van der Waals surface area contributed by atoms with E-state index in [-0.39, 0.29) is 35.6 Å². The molecule has 0 bridgehead atoms. The third-order valence-electron chi connectivity index (χ3n) is 5.78. The van der Waals surface area contributed by atoms with Gasteiger partial charge in [-0.05, 0) is 45.4 Å². The van der Waals surface area contributed by atoms with Crippen LogP contribution in [0.4, 0.5) is 0 Å². The molecule has 0 unspecified atom stereocenters. The van der Waals surface area contributed by atoms with Crippen molar-refractivity contribution < 1.29 is 23.9 Å². The summed E-state index contributed by atoms with van der Waals surface area (Å²) in [4.78, 5) is 39.0. The van der Waals surface area contributed by atoms with E-state index in [1.54, 1.807) is 32.9 Å². The van der Waals surface area contributed by atoms with Crippen molar-refractivity contribution in [1.29, 1.82) is 5.26 Å². The van der Waals surface area contributed by atoms with Crippen LogP contribution < -0.4 is 0 Å². The zero-order valence-corrected chi connectivity index (χ0v) is 21.7. The van der Waals surface area contributed by atoms with Gasteiger partial charge in [0.25, 0.3) is 0 Å². The molecule has 0 aliphatic carbocycles. The second kappa shape index (κ2) is 11.6. The van der Waals surface area contributed by atoms with Crippen LogP contribution in [0.15, 0.2) is 42.5 Å². The molecule has 8 heteroatoms. The maximum Gasteiger partial charge on any atom is 0.348 e. The van der Waals surface area contributed by atoms with Gasteiger partial charge in [-0.25, -0.2) is 9.59 Å². The van der Waals surface area contributed by atoms with E-state index in [1.807, 2.05) is 37.3 Å². The Morgan fingerprint density at radius 1 is 1.11 bits per heavy atom. The molecule has 0 N–H and O–H groups in total. The minimum absolute atomic E-state index is 0.0434. The summed E-state index contributed by atoms with van der Waals surface area (Å²) < 4.78 is 12.3. The number of ether oxygens (including phenoxy) is 2. The van der Waals surface area contributed by atoms with Gasteiger partial charge in [0.1, 0.15) is 10.9 Å². The fourth-order valence-corrected chi connectivity index (χ4v) is 5.31. The van der Waals surface area contributed by atoms with Crippen LogP contribution in [-0.4, -0.2) is 35.5 Å². The van der Waals surface area contributed by atoms with Crippen molar-refractivity contribution in [3.63, 3.8) is 0 Å². The fourth-order valence-electron chi connectivity index (χ4n) is 4.12. The minimum Gasteiger partial charge on any atom is -0.462 e. The number of allylic oxidation sites excluding steroid dienone is 2. The molecule has 0 aliphatic heterocycles. The van der Waals surface area contributed by atoms with Crippen LogP contribution in [-0.2, 0) is 27.2 Å². The molecule has 0 spiro atoms. The maximum atomic E-state index is 13.3. The van der Waals surface area contributed by atoms with E-state index in [9.17, 15) is 19.6 Å². The Kier molecular flexibility index (Phi) is 8.62. The lowest BCUT2D eigenvalue weighted by molar-refractivity contribution is -0.114. The highest BCUT2D eigenvalue weighted by Crippen LogP contribution is 2.32. The van der Waals surface area contributed by atoms with Crippen molar-refractivity contribution in [3.8, 4) is 6.07 Å². The van der Waals surface area contributed by atoms with Crippen LogP contribution in [0.2, 0.25) is 0 Å². The number of fused-ring (bicyclic) bond motifs is 1. The summed E-state index contributed by atoms with van der Waals surface area (Å²) in [5.74, 6) is -1.64. The first-order chi connectivity index (χ1) is 17.3. The van der Waals surface area contributed by atoms with E-state index in [0.717, 1.165) is 33.5 Å². The smallest absolute Gasteiger partial charge is 0.348 e. The predicted molar refractivity (Wildman–Crippen MR) is 140 cm³/mol. The highest BCUT2D eigenvalue weighted by Gasteiger charge is 2.28. The molecule has 36 heavy (non-hydrogen) atoms. The van der Waals surface area contributed by atoms with Gasteiger partial charge in [-0.15, -0.1) is 17.9 Å². The van der Waals surface area contributed by atoms with Crippen molar-refractivity contribution in [2.45, 2.75) is 40.7 Å². The van der Waals surface area contributed by atoms with Crippen LogP contribution in [0.3, 0.4) is 0 Å². The van der Waals surface area contributed by atoms with E-state index >= 15 is 0 Å². The summed E-state index contributed by atoms with van der Waals surface area (Å²) in [5.41, 5.74) is 3.19. The highest BCUT2D eigenvalue weighted by atomic mass is 32.1. The van der Waals surface area contributed by atoms with Crippen LogP contribution >= 0.6 is 11.3 Å². The quantitative estimate of drug-likeness (QED) is 0.155.